The first kappa shape index (κ1) is 12.6. The number of imidazole rings is 1. The summed E-state index contributed by atoms with van der Waals surface area (Å²) in [5, 5.41) is 9.56. The largest absolute Gasteiger partial charge is 0.494 e. The number of nitrogens with two attached hydrogens (primary N) is 1. The molecule has 18 heavy (non-hydrogen) atoms. The summed E-state index contributed by atoms with van der Waals surface area (Å²) >= 11 is 0. The lowest BCUT2D eigenvalue weighted by Crippen LogP contribution is -2.12. The van der Waals surface area contributed by atoms with Crippen molar-refractivity contribution in [1.82, 2.24) is 9.97 Å². The number of aromatic amines is 1. The van der Waals surface area contributed by atoms with Crippen molar-refractivity contribution in [2.45, 2.75) is 13.0 Å². The van der Waals surface area contributed by atoms with Crippen molar-refractivity contribution in [2.75, 3.05) is 13.2 Å². The van der Waals surface area contributed by atoms with Crippen molar-refractivity contribution in [3.05, 3.63) is 36.3 Å². The zero-order valence-electron chi connectivity index (χ0n) is 10.3. The summed E-state index contributed by atoms with van der Waals surface area (Å²) < 4.78 is 5.38. The normalized spacial score (nSPS) is 12.4. The molecule has 0 saturated heterocycles. The molecule has 1 heterocycles. The van der Waals surface area contributed by atoms with Crippen molar-refractivity contribution in [1.29, 1.82) is 0 Å². The molecule has 5 heteroatoms. The maximum absolute atomic E-state index is 9.56. The Kier molecular flexibility index (Phi) is 3.96. The van der Waals surface area contributed by atoms with Crippen LogP contribution in [0.15, 0.2) is 30.5 Å². The number of nitrogens with zero attached hydrogens (tertiary/aromatic N) is 1. The van der Waals surface area contributed by atoms with Gasteiger partial charge < -0.3 is 20.6 Å². The zero-order valence-corrected chi connectivity index (χ0v) is 10.3. The van der Waals surface area contributed by atoms with E-state index in [0.717, 1.165) is 17.0 Å². The summed E-state index contributed by atoms with van der Waals surface area (Å²) in [6, 6.07) is 7.69. The Morgan fingerprint density at radius 3 is 2.72 bits per heavy atom. The second-order valence-corrected chi connectivity index (χ2v) is 3.89. The van der Waals surface area contributed by atoms with Crippen LogP contribution < -0.4 is 10.5 Å². The van der Waals surface area contributed by atoms with Crippen molar-refractivity contribution in [2.24, 2.45) is 5.73 Å². The Morgan fingerprint density at radius 1 is 1.39 bits per heavy atom. The smallest absolute Gasteiger partial charge is 0.136 e. The molecule has 96 valence electrons. The third-order valence-corrected chi connectivity index (χ3v) is 2.61. The minimum absolute atomic E-state index is 0.149. The highest BCUT2D eigenvalue weighted by atomic mass is 16.5. The first-order valence-electron chi connectivity index (χ1n) is 5.91. The molecular weight excluding hydrogens is 230 g/mol. The number of hydrogen-bond donors (Lipinski definition) is 3. The zero-order chi connectivity index (χ0) is 13.0. The van der Waals surface area contributed by atoms with Crippen LogP contribution in [0.3, 0.4) is 0 Å². The van der Waals surface area contributed by atoms with Crippen LogP contribution >= 0.6 is 0 Å². The predicted molar refractivity (Wildman–Crippen MR) is 69.2 cm³/mol. The molecule has 0 radical (unpaired) electrons. The average molecular weight is 247 g/mol. The van der Waals surface area contributed by atoms with E-state index in [4.69, 9.17) is 10.5 Å². The molecular formula is C13H17N3O2. The van der Waals surface area contributed by atoms with Gasteiger partial charge in [0.1, 0.15) is 17.7 Å². The second-order valence-electron chi connectivity index (χ2n) is 3.89. The van der Waals surface area contributed by atoms with Crippen molar-refractivity contribution >= 4 is 0 Å². The highest BCUT2D eigenvalue weighted by Crippen LogP contribution is 2.22. The SMILES string of the molecule is CCOc1ccc(-c2cnc(C(O)CN)[nH]2)cc1. The number of aliphatic hydroxyl groups is 1. The predicted octanol–water partition coefficient (Wildman–Crippen LogP) is 1.47. The van der Waals surface area contributed by atoms with Gasteiger partial charge in [-0.15, -0.1) is 0 Å². The molecule has 0 bridgehead atoms. The van der Waals surface area contributed by atoms with E-state index in [0.29, 0.717) is 12.4 Å². The lowest BCUT2D eigenvalue weighted by atomic mass is 10.2. The van der Waals surface area contributed by atoms with Crippen molar-refractivity contribution in [3.63, 3.8) is 0 Å². The highest BCUT2D eigenvalue weighted by Gasteiger charge is 2.10. The van der Waals surface area contributed by atoms with Crippen LogP contribution in [-0.4, -0.2) is 28.2 Å². The topological polar surface area (TPSA) is 84.2 Å². The number of nitrogens with one attached hydrogen (secondary N) is 1. The van der Waals surface area contributed by atoms with E-state index in [-0.39, 0.29) is 6.54 Å². The van der Waals surface area contributed by atoms with E-state index in [1.54, 1.807) is 6.20 Å². The first-order chi connectivity index (χ1) is 8.74. The minimum Gasteiger partial charge on any atom is -0.494 e. The van der Waals surface area contributed by atoms with Gasteiger partial charge in [-0.3, -0.25) is 0 Å². The number of aliphatic hydroxyl groups excluding tert-OH is 1. The third kappa shape index (κ3) is 2.69. The van der Waals surface area contributed by atoms with Gasteiger partial charge in [-0.2, -0.15) is 0 Å². The summed E-state index contributed by atoms with van der Waals surface area (Å²) in [6.07, 6.45) is 0.936. The summed E-state index contributed by atoms with van der Waals surface area (Å²) in [5.74, 6) is 1.32. The molecule has 0 fully saturated rings. The summed E-state index contributed by atoms with van der Waals surface area (Å²) in [4.78, 5) is 7.15. The van der Waals surface area contributed by atoms with Gasteiger partial charge >= 0.3 is 0 Å². The fourth-order valence-corrected chi connectivity index (χ4v) is 1.66. The van der Waals surface area contributed by atoms with Gasteiger partial charge in [0.15, 0.2) is 0 Å². The highest BCUT2D eigenvalue weighted by molar-refractivity contribution is 5.59. The van der Waals surface area contributed by atoms with Gasteiger partial charge in [-0.25, -0.2) is 4.98 Å². The molecule has 1 unspecified atom stereocenters. The van der Waals surface area contributed by atoms with Gasteiger partial charge in [0.05, 0.1) is 18.5 Å². The van der Waals surface area contributed by atoms with E-state index in [9.17, 15) is 5.11 Å². The van der Waals surface area contributed by atoms with Gasteiger partial charge in [-0.1, -0.05) is 0 Å². The number of aromatic nitrogens is 2. The van der Waals surface area contributed by atoms with Crippen LogP contribution in [0.25, 0.3) is 11.3 Å². The molecule has 0 spiro atoms. The van der Waals surface area contributed by atoms with Gasteiger partial charge in [0.2, 0.25) is 0 Å². The number of H-pyrrole nitrogens is 1. The molecule has 0 aliphatic carbocycles. The monoisotopic (exact) mass is 247 g/mol. The van der Waals surface area contributed by atoms with Crippen molar-refractivity contribution in [3.8, 4) is 17.0 Å². The first-order valence-corrected chi connectivity index (χ1v) is 5.91. The minimum atomic E-state index is -0.749. The van der Waals surface area contributed by atoms with E-state index in [1.807, 2.05) is 31.2 Å². The quantitative estimate of drug-likeness (QED) is 0.747. The van der Waals surface area contributed by atoms with Crippen LogP contribution in [-0.2, 0) is 0 Å². The van der Waals surface area contributed by atoms with E-state index >= 15 is 0 Å². The molecule has 2 rings (SSSR count). The van der Waals surface area contributed by atoms with Crippen molar-refractivity contribution < 1.29 is 9.84 Å². The Labute approximate surface area is 106 Å². The molecule has 0 aliphatic heterocycles. The van der Waals surface area contributed by atoms with E-state index in [2.05, 4.69) is 9.97 Å². The molecule has 0 amide bonds. The van der Waals surface area contributed by atoms with Gasteiger partial charge in [0, 0.05) is 6.54 Å². The Morgan fingerprint density at radius 2 is 2.11 bits per heavy atom. The summed E-state index contributed by atoms with van der Waals surface area (Å²) in [5.41, 5.74) is 7.21. The van der Waals surface area contributed by atoms with E-state index < -0.39 is 6.10 Å². The Bertz CT molecular complexity index is 493. The summed E-state index contributed by atoms with van der Waals surface area (Å²) in [6.45, 7) is 2.75. The molecule has 5 nitrogen and oxygen atoms in total. The number of hydrogen-bond acceptors (Lipinski definition) is 4. The Hall–Kier alpha value is -1.85. The fourth-order valence-electron chi connectivity index (χ4n) is 1.66. The van der Waals surface area contributed by atoms with Crippen LogP contribution in [0.2, 0.25) is 0 Å². The molecule has 1 atom stereocenters. The Balaban J connectivity index is 2.18. The molecule has 2 aromatic rings. The van der Waals surface area contributed by atoms with E-state index in [1.165, 1.54) is 0 Å². The van der Waals surface area contributed by atoms with Crippen LogP contribution in [0.4, 0.5) is 0 Å². The molecule has 0 aliphatic rings. The van der Waals surface area contributed by atoms with Gasteiger partial charge in [-0.05, 0) is 36.8 Å². The van der Waals surface area contributed by atoms with Crippen LogP contribution in [0.1, 0.15) is 18.9 Å². The third-order valence-electron chi connectivity index (χ3n) is 2.61. The van der Waals surface area contributed by atoms with Crippen LogP contribution in [0, 0.1) is 0 Å². The lowest BCUT2D eigenvalue weighted by Gasteiger charge is -2.04. The number of rotatable bonds is 5. The molecule has 4 N–H and O–H groups in total. The number of ether oxygens (including phenoxy) is 1. The average Bonchev–Trinajstić information content (AvgIpc) is 2.89. The lowest BCUT2D eigenvalue weighted by molar-refractivity contribution is 0.177. The summed E-state index contributed by atoms with van der Waals surface area (Å²) in [7, 11) is 0. The maximum atomic E-state index is 9.56. The molecule has 1 aromatic carbocycles. The fraction of sp³-hybridized carbons (Fsp3) is 0.308. The van der Waals surface area contributed by atoms with Gasteiger partial charge in [0.25, 0.3) is 0 Å². The molecule has 1 aromatic heterocycles. The molecule has 0 saturated carbocycles. The standard InChI is InChI=1S/C13H17N3O2/c1-2-18-10-5-3-9(4-6-10)11-8-15-13(16-11)12(17)7-14/h3-6,8,12,17H,2,7,14H2,1H3,(H,15,16). The maximum Gasteiger partial charge on any atom is 0.136 e. The number of benzene rings is 1. The van der Waals surface area contributed by atoms with Crippen LogP contribution in [0.5, 0.6) is 5.75 Å². The second kappa shape index (κ2) is 5.66.